The highest BCUT2D eigenvalue weighted by Gasteiger charge is 2.36. The lowest BCUT2D eigenvalue weighted by atomic mass is 9.95. The zero-order valence-electron chi connectivity index (χ0n) is 10.6. The third kappa shape index (κ3) is 2.35. The third-order valence-electron chi connectivity index (χ3n) is 3.39. The smallest absolute Gasteiger partial charge is 0.202 e. The number of rotatable bonds is 3. The largest absolute Gasteiger partial charge is 0.389 e. The number of allylic oxidation sites excluding steroid dienone is 1. The fourth-order valence-electron chi connectivity index (χ4n) is 2.38. The summed E-state index contributed by atoms with van der Waals surface area (Å²) >= 11 is 0. The van der Waals surface area contributed by atoms with Crippen LogP contribution in [0.1, 0.15) is 20.3 Å². The van der Waals surface area contributed by atoms with Crippen LogP contribution in [0.3, 0.4) is 0 Å². The van der Waals surface area contributed by atoms with Crippen LogP contribution >= 0.6 is 0 Å². The maximum absolute atomic E-state index is 12.5. The van der Waals surface area contributed by atoms with E-state index in [9.17, 15) is 13.5 Å². The molecule has 18 heavy (non-hydrogen) atoms. The van der Waals surface area contributed by atoms with Crippen LogP contribution in [0.25, 0.3) is 0 Å². The molecule has 0 radical (unpaired) electrons. The highest BCUT2D eigenvalue weighted by atomic mass is 32.2. The Hall–Kier alpha value is -1.13. The molecule has 98 valence electrons. The van der Waals surface area contributed by atoms with E-state index in [4.69, 9.17) is 0 Å². The molecule has 1 aliphatic rings. The third-order valence-corrected chi connectivity index (χ3v) is 5.34. The molecule has 1 aromatic rings. The normalized spacial score (nSPS) is 24.3. The van der Waals surface area contributed by atoms with Crippen LogP contribution in [-0.4, -0.2) is 19.6 Å². The fourth-order valence-corrected chi connectivity index (χ4v) is 4.27. The molecule has 0 unspecified atom stereocenters. The monoisotopic (exact) mass is 266 g/mol. The van der Waals surface area contributed by atoms with Gasteiger partial charge >= 0.3 is 0 Å². The van der Waals surface area contributed by atoms with E-state index in [1.54, 1.807) is 30.3 Å². The molecular weight excluding hydrogens is 248 g/mol. The molecule has 0 bridgehead atoms. The highest BCUT2D eigenvalue weighted by molar-refractivity contribution is 7.95. The molecule has 3 nitrogen and oxygen atoms in total. The molecule has 4 heteroatoms. The van der Waals surface area contributed by atoms with Crippen molar-refractivity contribution in [2.24, 2.45) is 11.8 Å². The van der Waals surface area contributed by atoms with E-state index >= 15 is 0 Å². The molecule has 2 atom stereocenters. The Kier molecular flexibility index (Phi) is 3.59. The summed E-state index contributed by atoms with van der Waals surface area (Å²) in [5, 5.41) is 9.69. The van der Waals surface area contributed by atoms with Crippen LogP contribution in [0.15, 0.2) is 46.2 Å². The van der Waals surface area contributed by atoms with Crippen molar-refractivity contribution in [3.63, 3.8) is 0 Å². The zero-order valence-corrected chi connectivity index (χ0v) is 11.4. The molecule has 2 rings (SSSR count). The Labute approximate surface area is 108 Å². The Morgan fingerprint density at radius 1 is 1.22 bits per heavy atom. The van der Waals surface area contributed by atoms with Crippen LogP contribution < -0.4 is 0 Å². The van der Waals surface area contributed by atoms with Gasteiger partial charge in [-0.25, -0.2) is 8.42 Å². The Balaban J connectivity index is 2.45. The first-order valence-corrected chi connectivity index (χ1v) is 7.61. The average molecular weight is 266 g/mol. The second kappa shape index (κ2) is 4.86. The molecule has 0 saturated heterocycles. The van der Waals surface area contributed by atoms with Gasteiger partial charge in [-0.3, -0.25) is 0 Å². The van der Waals surface area contributed by atoms with E-state index in [-0.39, 0.29) is 11.8 Å². The summed E-state index contributed by atoms with van der Waals surface area (Å²) in [5.74, 6) is 0.108. The van der Waals surface area contributed by atoms with Gasteiger partial charge in [0.1, 0.15) is 0 Å². The van der Waals surface area contributed by atoms with Gasteiger partial charge in [0.2, 0.25) is 9.84 Å². The number of hydrogen-bond donors (Lipinski definition) is 1. The topological polar surface area (TPSA) is 54.4 Å². The van der Waals surface area contributed by atoms with E-state index in [0.717, 1.165) is 0 Å². The summed E-state index contributed by atoms with van der Waals surface area (Å²) in [5.41, 5.74) is 0. The second-order valence-corrected chi connectivity index (χ2v) is 6.99. The van der Waals surface area contributed by atoms with Gasteiger partial charge in [0.25, 0.3) is 0 Å². The van der Waals surface area contributed by atoms with Gasteiger partial charge in [-0.15, -0.1) is 0 Å². The zero-order chi connectivity index (χ0) is 13.3. The van der Waals surface area contributed by atoms with Gasteiger partial charge < -0.3 is 5.11 Å². The highest BCUT2D eigenvalue weighted by Crippen LogP contribution is 2.38. The van der Waals surface area contributed by atoms with Gasteiger partial charge in [0.15, 0.2) is 0 Å². The summed E-state index contributed by atoms with van der Waals surface area (Å²) in [6.07, 6.45) is 1.34. The number of hydrogen-bond acceptors (Lipinski definition) is 3. The van der Waals surface area contributed by atoms with Crippen molar-refractivity contribution in [1.29, 1.82) is 0 Å². The molecule has 0 aliphatic heterocycles. The fraction of sp³-hybridized carbons (Fsp3) is 0.429. The minimum Gasteiger partial charge on any atom is -0.389 e. The first-order valence-electron chi connectivity index (χ1n) is 6.13. The van der Waals surface area contributed by atoms with Crippen molar-refractivity contribution in [3.05, 3.63) is 41.3 Å². The Morgan fingerprint density at radius 3 is 2.39 bits per heavy atom. The van der Waals surface area contributed by atoms with Crippen molar-refractivity contribution >= 4 is 9.84 Å². The van der Waals surface area contributed by atoms with Crippen molar-refractivity contribution in [3.8, 4) is 0 Å². The predicted molar refractivity (Wildman–Crippen MR) is 70.7 cm³/mol. The van der Waals surface area contributed by atoms with Crippen LogP contribution in [-0.2, 0) is 9.84 Å². The van der Waals surface area contributed by atoms with E-state index < -0.39 is 15.9 Å². The van der Waals surface area contributed by atoms with Crippen molar-refractivity contribution in [2.75, 3.05) is 0 Å². The first kappa shape index (κ1) is 13.3. The predicted octanol–water partition coefficient (Wildman–Crippen LogP) is 2.38. The van der Waals surface area contributed by atoms with Crippen molar-refractivity contribution < 1.29 is 13.5 Å². The first-order chi connectivity index (χ1) is 8.43. The van der Waals surface area contributed by atoms with E-state index in [0.29, 0.717) is 16.2 Å². The molecule has 0 spiro atoms. The van der Waals surface area contributed by atoms with Crippen LogP contribution in [0.5, 0.6) is 0 Å². The Bertz CT molecular complexity index is 544. The van der Waals surface area contributed by atoms with Gasteiger partial charge in [-0.2, -0.15) is 0 Å². The summed E-state index contributed by atoms with van der Waals surface area (Å²) in [7, 11) is -3.46. The molecule has 0 heterocycles. The van der Waals surface area contributed by atoms with Crippen LogP contribution in [0, 0.1) is 11.8 Å². The lowest BCUT2D eigenvalue weighted by Gasteiger charge is -2.19. The summed E-state index contributed by atoms with van der Waals surface area (Å²) in [4.78, 5) is 0.673. The van der Waals surface area contributed by atoms with Crippen molar-refractivity contribution in [2.45, 2.75) is 31.3 Å². The molecule has 1 N–H and O–H groups in total. The lowest BCUT2D eigenvalue weighted by Crippen LogP contribution is -2.16. The van der Waals surface area contributed by atoms with Crippen molar-refractivity contribution in [1.82, 2.24) is 0 Å². The number of benzene rings is 1. The molecule has 1 aliphatic carbocycles. The SMILES string of the molecule is CC(C)[C@@H]1C[C@H](O)C=C1S(=O)(=O)c1ccccc1. The molecule has 1 aromatic carbocycles. The number of aliphatic hydroxyl groups is 1. The maximum Gasteiger partial charge on any atom is 0.202 e. The summed E-state index contributed by atoms with van der Waals surface area (Å²) in [6.45, 7) is 3.97. The summed E-state index contributed by atoms with van der Waals surface area (Å²) < 4.78 is 25.0. The number of sulfone groups is 1. The summed E-state index contributed by atoms with van der Waals surface area (Å²) in [6, 6.07) is 8.40. The second-order valence-electron chi connectivity index (χ2n) is 5.04. The minimum atomic E-state index is -3.46. The molecular formula is C14H18O3S. The number of aliphatic hydroxyl groups excluding tert-OH is 1. The maximum atomic E-state index is 12.5. The van der Waals surface area contributed by atoms with E-state index in [1.165, 1.54) is 6.08 Å². The van der Waals surface area contributed by atoms with E-state index in [1.807, 2.05) is 13.8 Å². The molecule has 0 saturated carbocycles. The quantitative estimate of drug-likeness (QED) is 0.914. The van der Waals surface area contributed by atoms with Gasteiger partial charge in [-0.1, -0.05) is 32.0 Å². The van der Waals surface area contributed by atoms with Gasteiger partial charge in [0.05, 0.1) is 15.9 Å². The molecule has 0 amide bonds. The van der Waals surface area contributed by atoms with E-state index in [2.05, 4.69) is 0 Å². The minimum absolute atomic E-state index is 0.0924. The standard InChI is InChI=1S/C14H18O3S/c1-10(2)13-8-11(15)9-14(13)18(16,17)12-6-4-3-5-7-12/h3-7,9-11,13,15H,8H2,1-2H3/t11-,13-/m0/s1. The van der Waals surface area contributed by atoms with Crippen LogP contribution in [0.2, 0.25) is 0 Å². The molecule has 0 fully saturated rings. The lowest BCUT2D eigenvalue weighted by molar-refractivity contribution is 0.200. The average Bonchev–Trinajstić information content (AvgIpc) is 2.73. The van der Waals surface area contributed by atoms with Gasteiger partial charge in [0, 0.05) is 5.92 Å². The molecule has 0 aromatic heterocycles. The van der Waals surface area contributed by atoms with Gasteiger partial charge in [-0.05, 0) is 30.5 Å². The van der Waals surface area contributed by atoms with Crippen LogP contribution in [0.4, 0.5) is 0 Å². The Morgan fingerprint density at radius 2 is 1.83 bits per heavy atom.